The van der Waals surface area contributed by atoms with Gasteiger partial charge in [-0.3, -0.25) is 9.59 Å². The van der Waals surface area contributed by atoms with Crippen LogP contribution in [0.2, 0.25) is 0 Å². The van der Waals surface area contributed by atoms with Crippen molar-refractivity contribution < 1.29 is 24.9 Å². The third-order valence-corrected chi connectivity index (χ3v) is 10.1. The van der Waals surface area contributed by atoms with Crippen molar-refractivity contribution in [2.75, 3.05) is 0 Å². The Bertz CT molecular complexity index is 676. The van der Waals surface area contributed by atoms with E-state index < -0.39 is 18.2 Å². The molecule has 4 aliphatic rings. The molecule has 0 amide bonds. The quantitative estimate of drug-likeness (QED) is 0.662. The van der Waals surface area contributed by atoms with Crippen LogP contribution in [-0.2, 0) is 9.59 Å². The van der Waals surface area contributed by atoms with Gasteiger partial charge in [-0.1, -0.05) is 20.8 Å². The van der Waals surface area contributed by atoms with Crippen LogP contribution in [0.25, 0.3) is 0 Å². The van der Waals surface area contributed by atoms with E-state index in [4.69, 9.17) is 5.11 Å². The highest BCUT2D eigenvalue weighted by atomic mass is 16.4. The van der Waals surface area contributed by atoms with Gasteiger partial charge in [0.15, 0.2) is 5.78 Å². The number of ketones is 1. The van der Waals surface area contributed by atoms with Crippen molar-refractivity contribution in [2.24, 2.45) is 46.3 Å². The van der Waals surface area contributed by atoms with Crippen LogP contribution in [0.4, 0.5) is 0 Å². The van der Waals surface area contributed by atoms with E-state index in [1.165, 1.54) is 0 Å². The molecule has 4 rings (SSSR count). The summed E-state index contributed by atoms with van der Waals surface area (Å²) in [6.07, 6.45) is 5.97. The predicted octanol–water partition coefficient (Wildman–Crippen LogP) is 3.66. The lowest BCUT2D eigenvalue weighted by atomic mass is 9.43. The SMILES string of the molecule is C[C@H](CCC(=O)O)[C@H]1CC[C@H]2[C@@H]3C(=O)[C@H](O)C4C[C@H](O)CC[C@]4(C)[C@H]3CC[C@]12C. The highest BCUT2D eigenvalue weighted by Gasteiger charge is 2.65. The van der Waals surface area contributed by atoms with Crippen LogP contribution in [-0.4, -0.2) is 39.3 Å². The maximum Gasteiger partial charge on any atom is 0.303 e. The zero-order chi connectivity index (χ0) is 21.1. The maximum atomic E-state index is 13.4. The van der Waals surface area contributed by atoms with Crippen LogP contribution in [0.1, 0.15) is 78.6 Å². The van der Waals surface area contributed by atoms with Gasteiger partial charge in [0.1, 0.15) is 6.10 Å². The van der Waals surface area contributed by atoms with Gasteiger partial charge in [-0.25, -0.2) is 0 Å². The second-order valence-electron chi connectivity index (χ2n) is 11.3. The summed E-state index contributed by atoms with van der Waals surface area (Å²) < 4.78 is 0. The fourth-order valence-electron chi connectivity index (χ4n) is 8.49. The summed E-state index contributed by atoms with van der Waals surface area (Å²) in [6, 6.07) is 0. The predicted molar refractivity (Wildman–Crippen MR) is 109 cm³/mol. The maximum absolute atomic E-state index is 13.4. The Labute approximate surface area is 174 Å². The molecule has 5 heteroatoms. The number of carbonyl (C=O) groups is 2. The average Bonchev–Trinajstić information content (AvgIpc) is 3.02. The Balaban J connectivity index is 1.60. The monoisotopic (exact) mass is 406 g/mol. The van der Waals surface area contributed by atoms with E-state index in [9.17, 15) is 19.8 Å². The van der Waals surface area contributed by atoms with Crippen LogP contribution in [0.5, 0.6) is 0 Å². The molecule has 29 heavy (non-hydrogen) atoms. The average molecular weight is 407 g/mol. The molecule has 164 valence electrons. The fraction of sp³-hybridized carbons (Fsp3) is 0.917. The molecule has 0 radical (unpaired) electrons. The number of aliphatic hydroxyl groups excluding tert-OH is 2. The summed E-state index contributed by atoms with van der Waals surface area (Å²) in [5, 5.41) is 30.3. The Kier molecular flexibility index (Phi) is 5.39. The molecule has 4 fully saturated rings. The molecule has 1 unspecified atom stereocenters. The number of carboxylic acid groups (broad SMARTS) is 1. The molecule has 5 nitrogen and oxygen atoms in total. The number of aliphatic hydroxyl groups is 2. The van der Waals surface area contributed by atoms with Gasteiger partial charge in [-0.15, -0.1) is 0 Å². The van der Waals surface area contributed by atoms with E-state index in [1.54, 1.807) is 0 Å². The fourth-order valence-corrected chi connectivity index (χ4v) is 8.49. The van der Waals surface area contributed by atoms with Gasteiger partial charge in [0, 0.05) is 18.3 Å². The van der Waals surface area contributed by atoms with Crippen LogP contribution < -0.4 is 0 Å². The molecule has 4 saturated carbocycles. The topological polar surface area (TPSA) is 94.8 Å². The third-order valence-electron chi connectivity index (χ3n) is 10.1. The normalized spacial score (nSPS) is 50.4. The number of carbonyl (C=O) groups excluding carboxylic acids is 1. The van der Waals surface area contributed by atoms with E-state index in [-0.39, 0.29) is 34.9 Å². The summed E-state index contributed by atoms with van der Waals surface area (Å²) >= 11 is 0. The summed E-state index contributed by atoms with van der Waals surface area (Å²) in [5.74, 6) is 0.511. The van der Waals surface area contributed by atoms with Crippen molar-refractivity contribution in [3.05, 3.63) is 0 Å². The van der Waals surface area contributed by atoms with Gasteiger partial charge < -0.3 is 15.3 Å². The Morgan fingerprint density at radius 3 is 2.38 bits per heavy atom. The molecule has 0 bridgehead atoms. The van der Waals surface area contributed by atoms with Crippen molar-refractivity contribution >= 4 is 11.8 Å². The largest absolute Gasteiger partial charge is 0.481 e. The molecule has 10 atom stereocenters. The molecular weight excluding hydrogens is 368 g/mol. The summed E-state index contributed by atoms with van der Waals surface area (Å²) in [6.45, 7) is 6.79. The molecule has 0 heterocycles. The van der Waals surface area contributed by atoms with Crippen LogP contribution >= 0.6 is 0 Å². The van der Waals surface area contributed by atoms with Gasteiger partial charge >= 0.3 is 5.97 Å². The molecule has 0 aromatic carbocycles. The van der Waals surface area contributed by atoms with Crippen molar-refractivity contribution in [1.82, 2.24) is 0 Å². The van der Waals surface area contributed by atoms with E-state index in [0.29, 0.717) is 36.5 Å². The van der Waals surface area contributed by atoms with E-state index in [2.05, 4.69) is 20.8 Å². The van der Waals surface area contributed by atoms with Gasteiger partial charge in [0.25, 0.3) is 0 Å². The number of rotatable bonds is 4. The van der Waals surface area contributed by atoms with Crippen molar-refractivity contribution in [3.63, 3.8) is 0 Å². The smallest absolute Gasteiger partial charge is 0.303 e. The van der Waals surface area contributed by atoms with Crippen LogP contribution in [0.15, 0.2) is 0 Å². The third kappa shape index (κ3) is 3.18. The first kappa shape index (κ1) is 21.3. The minimum atomic E-state index is -0.943. The minimum absolute atomic E-state index is 0.0290. The number of aliphatic carboxylic acids is 1. The van der Waals surface area contributed by atoms with Crippen LogP contribution in [0, 0.1) is 46.3 Å². The Morgan fingerprint density at radius 2 is 1.69 bits per heavy atom. The molecule has 0 spiro atoms. The van der Waals surface area contributed by atoms with Crippen molar-refractivity contribution in [3.8, 4) is 0 Å². The van der Waals surface area contributed by atoms with Gasteiger partial charge in [-0.2, -0.15) is 0 Å². The van der Waals surface area contributed by atoms with Crippen molar-refractivity contribution in [2.45, 2.75) is 90.8 Å². The molecule has 0 aromatic rings. The summed E-state index contributed by atoms with van der Waals surface area (Å²) in [5.41, 5.74) is -0.00257. The number of hydrogen-bond donors (Lipinski definition) is 3. The minimum Gasteiger partial charge on any atom is -0.481 e. The first-order valence-electron chi connectivity index (χ1n) is 11.7. The second-order valence-corrected chi connectivity index (χ2v) is 11.3. The first-order valence-corrected chi connectivity index (χ1v) is 11.7. The van der Waals surface area contributed by atoms with Gasteiger partial charge in [0.2, 0.25) is 0 Å². The molecular formula is C24H38O5. The van der Waals surface area contributed by atoms with E-state index in [1.807, 2.05) is 0 Å². The molecule has 3 N–H and O–H groups in total. The molecule has 0 aromatic heterocycles. The zero-order valence-corrected chi connectivity index (χ0v) is 18.1. The number of Topliss-reactive ketones (excluding diaryl/α,β-unsaturated/α-hetero) is 1. The van der Waals surface area contributed by atoms with Crippen LogP contribution in [0.3, 0.4) is 0 Å². The van der Waals surface area contributed by atoms with Gasteiger partial charge in [-0.05, 0) is 85.9 Å². The van der Waals surface area contributed by atoms with Crippen molar-refractivity contribution in [1.29, 1.82) is 0 Å². The highest BCUT2D eigenvalue weighted by molar-refractivity contribution is 5.87. The number of carboxylic acids is 1. The zero-order valence-electron chi connectivity index (χ0n) is 18.1. The molecule has 4 aliphatic carbocycles. The summed E-state index contributed by atoms with van der Waals surface area (Å²) in [7, 11) is 0. The number of fused-ring (bicyclic) bond motifs is 5. The first-order chi connectivity index (χ1) is 13.6. The van der Waals surface area contributed by atoms with Gasteiger partial charge in [0.05, 0.1) is 6.10 Å². The number of hydrogen-bond acceptors (Lipinski definition) is 4. The van der Waals surface area contributed by atoms with E-state index in [0.717, 1.165) is 38.5 Å². The lowest BCUT2D eigenvalue weighted by molar-refractivity contribution is -0.184. The molecule has 0 aliphatic heterocycles. The Morgan fingerprint density at radius 1 is 1.03 bits per heavy atom. The second kappa shape index (κ2) is 7.33. The lowest BCUT2D eigenvalue weighted by Gasteiger charge is -2.61. The standard InChI is InChI=1S/C24H38O5/c1-13(4-7-19(26)27)15-5-6-16-20-17(9-11-23(15,16)2)24(3)10-8-14(25)12-18(24)21(28)22(20)29/h13-18,20-21,25,28H,4-12H2,1-3H3,(H,26,27)/t13-,14-,15-,16+,17+,18?,20+,21-,23-,24-/m1/s1. The lowest BCUT2D eigenvalue weighted by Crippen LogP contribution is -2.62. The van der Waals surface area contributed by atoms with E-state index >= 15 is 0 Å². The highest BCUT2D eigenvalue weighted by Crippen LogP contribution is 2.67. The Hall–Kier alpha value is -0.940. The molecule has 0 saturated heterocycles. The summed E-state index contributed by atoms with van der Waals surface area (Å²) in [4.78, 5) is 24.5.